The van der Waals surface area contributed by atoms with E-state index in [0.29, 0.717) is 0 Å². The lowest BCUT2D eigenvalue weighted by Crippen LogP contribution is -2.32. The smallest absolute Gasteiger partial charge is 0.132 e. The third-order valence-corrected chi connectivity index (χ3v) is 8.73. The minimum atomic E-state index is -0.442. The van der Waals surface area contributed by atoms with Crippen molar-refractivity contribution in [3.63, 3.8) is 0 Å². The number of rotatable bonds is 1. The van der Waals surface area contributed by atoms with Crippen LogP contribution in [0.3, 0.4) is 0 Å². The largest absolute Gasteiger partial charge is 0.457 e. The number of hydrogen-bond donors (Lipinski definition) is 0. The Kier molecular flexibility index (Phi) is 4.29. The highest BCUT2D eigenvalue weighted by Gasteiger charge is 2.50. The number of hydrogen-bond acceptors (Lipinski definition) is 2. The maximum atomic E-state index is 6.69. The van der Waals surface area contributed by atoms with Gasteiger partial charge in [0.1, 0.15) is 11.5 Å². The van der Waals surface area contributed by atoms with Crippen LogP contribution in [0.25, 0.3) is 44.1 Å². The summed E-state index contributed by atoms with van der Waals surface area (Å²) in [6.07, 6.45) is 0. The molecule has 0 N–H and O–H groups in total. The van der Waals surface area contributed by atoms with Gasteiger partial charge in [-0.2, -0.15) is 0 Å². The molecule has 1 aliphatic carbocycles. The van der Waals surface area contributed by atoms with Gasteiger partial charge in [0, 0.05) is 27.5 Å². The maximum Gasteiger partial charge on any atom is 0.132 e. The molecule has 0 amide bonds. The van der Waals surface area contributed by atoms with Gasteiger partial charge in [-0.05, 0) is 45.8 Å². The van der Waals surface area contributed by atoms with E-state index >= 15 is 0 Å². The van der Waals surface area contributed by atoms with E-state index in [0.717, 1.165) is 33.7 Å². The molecule has 0 unspecified atom stereocenters. The predicted octanol–water partition coefficient (Wildman–Crippen LogP) is 9.52. The monoisotopic (exact) mass is 509 g/mol. The SMILES string of the molecule is c1ccc2c(c1)Oc1cc(-c3ccc4ccc5ccccc5c4n3)ccc1C21c2ccccc2-c2ccccc21. The van der Waals surface area contributed by atoms with Crippen LogP contribution in [0.4, 0.5) is 0 Å². The molecule has 0 fully saturated rings. The first-order chi connectivity index (χ1) is 19.8. The first kappa shape index (κ1) is 21.7. The van der Waals surface area contributed by atoms with E-state index in [2.05, 4.69) is 140 Å². The van der Waals surface area contributed by atoms with Gasteiger partial charge in [-0.25, -0.2) is 4.98 Å². The van der Waals surface area contributed by atoms with Gasteiger partial charge in [-0.1, -0.05) is 121 Å². The summed E-state index contributed by atoms with van der Waals surface area (Å²) in [5, 5.41) is 3.51. The number of fused-ring (bicyclic) bond motifs is 12. The van der Waals surface area contributed by atoms with Crippen molar-refractivity contribution in [2.45, 2.75) is 5.41 Å². The van der Waals surface area contributed by atoms with E-state index in [9.17, 15) is 0 Å². The van der Waals surface area contributed by atoms with Crippen molar-refractivity contribution < 1.29 is 4.74 Å². The van der Waals surface area contributed by atoms with Gasteiger partial charge in [0.25, 0.3) is 0 Å². The van der Waals surface area contributed by atoms with E-state index < -0.39 is 5.41 Å². The van der Waals surface area contributed by atoms with Crippen molar-refractivity contribution in [1.29, 1.82) is 0 Å². The van der Waals surface area contributed by atoms with Crippen LogP contribution in [-0.2, 0) is 5.41 Å². The van der Waals surface area contributed by atoms with Gasteiger partial charge in [0.2, 0.25) is 0 Å². The van der Waals surface area contributed by atoms with E-state index in [1.54, 1.807) is 0 Å². The van der Waals surface area contributed by atoms with Crippen LogP contribution in [0.1, 0.15) is 22.3 Å². The van der Waals surface area contributed by atoms with E-state index in [1.165, 1.54) is 44.2 Å². The van der Waals surface area contributed by atoms with Crippen LogP contribution < -0.4 is 4.74 Å². The van der Waals surface area contributed by atoms with Gasteiger partial charge in [-0.3, -0.25) is 0 Å². The second kappa shape index (κ2) is 7.91. The lowest BCUT2D eigenvalue weighted by atomic mass is 9.66. The number of para-hydroxylation sites is 1. The fourth-order valence-electron chi connectivity index (χ4n) is 7.04. The highest BCUT2D eigenvalue weighted by molar-refractivity contribution is 6.05. The van der Waals surface area contributed by atoms with E-state index in [-0.39, 0.29) is 0 Å². The van der Waals surface area contributed by atoms with Gasteiger partial charge in [0.05, 0.1) is 16.6 Å². The molecule has 2 nitrogen and oxygen atoms in total. The molecule has 0 bridgehead atoms. The van der Waals surface area contributed by atoms with Gasteiger partial charge in [-0.15, -0.1) is 0 Å². The molecule has 40 heavy (non-hydrogen) atoms. The summed E-state index contributed by atoms with van der Waals surface area (Å²) in [4.78, 5) is 5.17. The zero-order valence-corrected chi connectivity index (χ0v) is 21.6. The summed E-state index contributed by atoms with van der Waals surface area (Å²) in [5.41, 5.74) is 10.1. The van der Waals surface area contributed by atoms with Crippen molar-refractivity contribution in [2.24, 2.45) is 0 Å². The highest BCUT2D eigenvalue weighted by Crippen LogP contribution is 2.62. The zero-order chi connectivity index (χ0) is 26.3. The Hall–Kier alpha value is -5.21. The Morgan fingerprint density at radius 2 is 1.10 bits per heavy atom. The molecule has 0 radical (unpaired) electrons. The van der Waals surface area contributed by atoms with Crippen molar-refractivity contribution >= 4 is 21.7 Å². The number of nitrogens with zero attached hydrogens (tertiary/aromatic N) is 1. The third kappa shape index (κ3) is 2.75. The maximum absolute atomic E-state index is 6.69. The zero-order valence-electron chi connectivity index (χ0n) is 21.6. The molecule has 1 spiro atoms. The second-order valence-corrected chi connectivity index (χ2v) is 10.7. The third-order valence-electron chi connectivity index (χ3n) is 8.73. The Morgan fingerprint density at radius 3 is 1.93 bits per heavy atom. The van der Waals surface area contributed by atoms with Crippen LogP contribution in [0.15, 0.2) is 140 Å². The average Bonchev–Trinajstić information content (AvgIpc) is 3.31. The summed E-state index contributed by atoms with van der Waals surface area (Å²) in [5.74, 6) is 1.78. The summed E-state index contributed by atoms with van der Waals surface area (Å²) in [6.45, 7) is 0. The number of aromatic nitrogens is 1. The Morgan fingerprint density at radius 1 is 0.475 bits per heavy atom. The standard InChI is InChI=1S/C38H23NO/c1-2-10-27-24(9-1)17-18-25-20-22-34(39-37(25)27)26-19-21-33-36(23-26)40-35-16-8-7-15-32(35)38(33)30-13-5-3-11-28(30)29-12-4-6-14-31(29)38/h1-23H. The Labute approximate surface area is 232 Å². The molecule has 186 valence electrons. The van der Waals surface area contributed by atoms with Crippen LogP contribution in [-0.4, -0.2) is 4.98 Å². The quantitative estimate of drug-likeness (QED) is 0.206. The fourth-order valence-corrected chi connectivity index (χ4v) is 7.04. The van der Waals surface area contributed by atoms with E-state index in [4.69, 9.17) is 9.72 Å². The van der Waals surface area contributed by atoms with Crippen molar-refractivity contribution in [3.05, 3.63) is 162 Å². The molecular weight excluding hydrogens is 486 g/mol. The Bertz CT molecular complexity index is 2110. The van der Waals surface area contributed by atoms with Crippen LogP contribution in [0, 0.1) is 0 Å². The first-order valence-electron chi connectivity index (χ1n) is 13.7. The van der Waals surface area contributed by atoms with Gasteiger partial charge < -0.3 is 4.74 Å². The summed E-state index contributed by atoms with van der Waals surface area (Å²) in [7, 11) is 0. The Balaban J connectivity index is 1.31. The molecule has 0 saturated carbocycles. The molecular formula is C38H23NO. The molecule has 0 saturated heterocycles. The van der Waals surface area contributed by atoms with Crippen LogP contribution in [0.2, 0.25) is 0 Å². The topological polar surface area (TPSA) is 22.1 Å². The summed E-state index contributed by atoms with van der Waals surface area (Å²) in [6, 6.07) is 49.8. The molecule has 0 atom stereocenters. The summed E-state index contributed by atoms with van der Waals surface area (Å²) < 4.78 is 6.69. The second-order valence-electron chi connectivity index (χ2n) is 10.7. The van der Waals surface area contributed by atoms with Gasteiger partial charge in [0.15, 0.2) is 0 Å². The summed E-state index contributed by atoms with van der Waals surface area (Å²) >= 11 is 0. The molecule has 1 aliphatic heterocycles. The number of pyridine rings is 1. The number of benzene rings is 6. The van der Waals surface area contributed by atoms with Crippen molar-refractivity contribution in [3.8, 4) is 33.9 Å². The molecule has 7 aromatic rings. The first-order valence-corrected chi connectivity index (χ1v) is 13.7. The lowest BCUT2D eigenvalue weighted by Gasteiger charge is -2.39. The molecule has 2 heteroatoms. The molecule has 2 aliphatic rings. The normalized spacial score (nSPS) is 13.9. The van der Waals surface area contributed by atoms with E-state index in [1.807, 2.05) is 0 Å². The van der Waals surface area contributed by atoms with Crippen molar-refractivity contribution in [1.82, 2.24) is 4.98 Å². The van der Waals surface area contributed by atoms with Crippen molar-refractivity contribution in [2.75, 3.05) is 0 Å². The van der Waals surface area contributed by atoms with Crippen LogP contribution in [0.5, 0.6) is 11.5 Å². The molecule has 6 aromatic carbocycles. The molecule has 2 heterocycles. The van der Waals surface area contributed by atoms with Gasteiger partial charge >= 0.3 is 0 Å². The average molecular weight is 510 g/mol. The number of ether oxygens (including phenoxy) is 1. The van der Waals surface area contributed by atoms with Crippen LogP contribution >= 0.6 is 0 Å². The minimum absolute atomic E-state index is 0.442. The highest BCUT2D eigenvalue weighted by atomic mass is 16.5. The fraction of sp³-hybridized carbons (Fsp3) is 0.0263. The lowest BCUT2D eigenvalue weighted by molar-refractivity contribution is 0.436. The minimum Gasteiger partial charge on any atom is -0.457 e. The molecule has 1 aromatic heterocycles. The molecule has 9 rings (SSSR count). The predicted molar refractivity (Wildman–Crippen MR) is 162 cm³/mol.